The molecule has 0 aromatic rings. The molecule has 0 unspecified atom stereocenters. The molecule has 0 nitrogen and oxygen atoms in total. The van der Waals surface area contributed by atoms with Crippen molar-refractivity contribution in [1.29, 1.82) is 0 Å². The van der Waals surface area contributed by atoms with Gasteiger partial charge in [-0.2, -0.15) is 0 Å². The van der Waals surface area contributed by atoms with Crippen molar-refractivity contribution in [2.45, 2.75) is 27.2 Å². The summed E-state index contributed by atoms with van der Waals surface area (Å²) in [5, 5.41) is 0. The third-order valence-corrected chi connectivity index (χ3v) is 2.68. The van der Waals surface area contributed by atoms with Crippen LogP contribution >= 0.6 is 0 Å². The van der Waals surface area contributed by atoms with Crippen LogP contribution in [0.15, 0.2) is 21.1 Å². The summed E-state index contributed by atoms with van der Waals surface area (Å²) in [5.41, 5.74) is 3.15. The zero-order valence-electron chi connectivity index (χ0n) is 6.86. The van der Waals surface area contributed by atoms with E-state index < -0.39 is 0 Å². The van der Waals surface area contributed by atoms with Crippen molar-refractivity contribution in [2.75, 3.05) is 0 Å². The SMILES string of the molecule is CC1=C(C(C)C)[C]([Ti])=CC1. The van der Waals surface area contributed by atoms with Gasteiger partial charge in [-0.25, -0.2) is 0 Å². The Morgan fingerprint density at radius 2 is 2.10 bits per heavy atom. The third kappa shape index (κ3) is 1.43. The third-order valence-electron chi connectivity index (χ3n) is 1.94. The first-order valence-electron chi connectivity index (χ1n) is 3.74. The van der Waals surface area contributed by atoms with Crippen molar-refractivity contribution in [3.05, 3.63) is 21.1 Å². The molecule has 0 saturated carbocycles. The van der Waals surface area contributed by atoms with Gasteiger partial charge >= 0.3 is 74.6 Å². The van der Waals surface area contributed by atoms with Crippen LogP contribution in [0.4, 0.5) is 0 Å². The Bertz CT molecular complexity index is 197. The Morgan fingerprint density at radius 3 is 2.30 bits per heavy atom. The van der Waals surface area contributed by atoms with E-state index in [0.717, 1.165) is 0 Å². The van der Waals surface area contributed by atoms with Gasteiger partial charge in [0, 0.05) is 0 Å². The minimum atomic E-state index is 0.707. The summed E-state index contributed by atoms with van der Waals surface area (Å²) in [6.45, 7) is 6.77. The molecular weight excluding hydrogens is 156 g/mol. The molecule has 0 aromatic carbocycles. The van der Waals surface area contributed by atoms with E-state index in [1.54, 1.807) is 11.1 Å². The van der Waals surface area contributed by atoms with Crippen molar-refractivity contribution < 1.29 is 20.4 Å². The van der Waals surface area contributed by atoms with E-state index >= 15 is 0 Å². The molecule has 0 spiro atoms. The molecule has 1 heteroatoms. The van der Waals surface area contributed by atoms with Gasteiger partial charge in [-0.3, -0.25) is 0 Å². The number of hydrogen-bond acceptors (Lipinski definition) is 0. The second kappa shape index (κ2) is 3.06. The summed E-state index contributed by atoms with van der Waals surface area (Å²) >= 11 is 2.21. The summed E-state index contributed by atoms with van der Waals surface area (Å²) in [7, 11) is 0. The second-order valence-corrected chi connectivity index (χ2v) is 4.01. The van der Waals surface area contributed by atoms with E-state index in [0.29, 0.717) is 5.92 Å². The van der Waals surface area contributed by atoms with Crippen LogP contribution in [-0.2, 0) is 20.4 Å². The summed E-state index contributed by atoms with van der Waals surface area (Å²) < 4.78 is 1.49. The van der Waals surface area contributed by atoms with E-state index in [1.165, 1.54) is 10.3 Å². The van der Waals surface area contributed by atoms with E-state index in [4.69, 9.17) is 0 Å². The molecule has 0 N–H and O–H groups in total. The average molecular weight is 169 g/mol. The van der Waals surface area contributed by atoms with Gasteiger partial charge in [-0.1, -0.05) is 0 Å². The summed E-state index contributed by atoms with van der Waals surface area (Å²) in [6, 6.07) is 0. The van der Waals surface area contributed by atoms with Crippen LogP contribution in [0.1, 0.15) is 27.2 Å². The number of rotatable bonds is 1. The first kappa shape index (κ1) is 8.29. The molecule has 0 heterocycles. The Balaban J connectivity index is 2.90. The molecule has 0 bridgehead atoms. The Kier molecular flexibility index (Phi) is 2.54. The summed E-state index contributed by atoms with van der Waals surface area (Å²) in [4.78, 5) is 0. The molecular formula is C9H13Ti. The standard InChI is InChI=1S/C9H13.Ti/c1-7(2)9-6-4-5-8(9)3;/h4,7H,5H2,1-3H3;. The van der Waals surface area contributed by atoms with Crippen LogP contribution in [0.3, 0.4) is 0 Å². The minimum absolute atomic E-state index is 0.707. The zero-order chi connectivity index (χ0) is 7.72. The fourth-order valence-corrected chi connectivity index (χ4v) is 2.45. The fraction of sp³-hybridized carbons (Fsp3) is 0.556. The first-order valence-corrected chi connectivity index (χ1v) is 4.52. The molecule has 1 aliphatic carbocycles. The summed E-state index contributed by atoms with van der Waals surface area (Å²) in [5.74, 6) is 0.707. The van der Waals surface area contributed by atoms with Gasteiger partial charge < -0.3 is 0 Å². The Labute approximate surface area is 74.8 Å². The van der Waals surface area contributed by atoms with Gasteiger partial charge in [-0.05, 0) is 0 Å². The predicted octanol–water partition coefficient (Wildman–Crippen LogP) is 2.79. The van der Waals surface area contributed by atoms with Gasteiger partial charge in [0.1, 0.15) is 0 Å². The normalized spacial score (nSPS) is 18.5. The van der Waals surface area contributed by atoms with Crippen molar-refractivity contribution in [2.24, 2.45) is 5.92 Å². The van der Waals surface area contributed by atoms with Crippen LogP contribution in [0.2, 0.25) is 0 Å². The second-order valence-electron chi connectivity index (χ2n) is 3.17. The molecule has 53 valence electrons. The zero-order valence-corrected chi connectivity index (χ0v) is 8.42. The predicted molar refractivity (Wildman–Crippen MR) is 40.2 cm³/mol. The van der Waals surface area contributed by atoms with Crippen LogP contribution in [0, 0.1) is 5.92 Å². The van der Waals surface area contributed by atoms with Crippen molar-refractivity contribution >= 4 is 0 Å². The molecule has 0 fully saturated rings. The van der Waals surface area contributed by atoms with Crippen molar-refractivity contribution in [1.82, 2.24) is 0 Å². The topological polar surface area (TPSA) is 0 Å². The van der Waals surface area contributed by atoms with Gasteiger partial charge in [0.15, 0.2) is 0 Å². The maximum atomic E-state index is 2.32. The molecule has 1 aliphatic rings. The number of allylic oxidation sites excluding steroid dienone is 4. The molecule has 0 saturated heterocycles. The summed E-state index contributed by atoms with van der Waals surface area (Å²) in [6.07, 6.45) is 3.50. The van der Waals surface area contributed by atoms with Crippen LogP contribution in [0.5, 0.6) is 0 Å². The molecule has 0 aromatic heterocycles. The van der Waals surface area contributed by atoms with Crippen LogP contribution in [-0.4, -0.2) is 0 Å². The maximum absolute atomic E-state index is 2.32. The molecule has 0 amide bonds. The monoisotopic (exact) mass is 169 g/mol. The molecule has 1 rings (SSSR count). The van der Waals surface area contributed by atoms with Crippen LogP contribution < -0.4 is 0 Å². The van der Waals surface area contributed by atoms with Gasteiger partial charge in [-0.15, -0.1) is 0 Å². The van der Waals surface area contributed by atoms with Crippen molar-refractivity contribution in [3.63, 3.8) is 0 Å². The molecule has 0 atom stereocenters. The molecule has 0 radical (unpaired) electrons. The van der Waals surface area contributed by atoms with Crippen molar-refractivity contribution in [3.8, 4) is 0 Å². The fourth-order valence-electron chi connectivity index (χ4n) is 1.51. The quantitative estimate of drug-likeness (QED) is 0.529. The van der Waals surface area contributed by atoms with E-state index in [2.05, 4.69) is 47.3 Å². The van der Waals surface area contributed by atoms with E-state index in [9.17, 15) is 0 Å². The Hall–Kier alpha value is 0.194. The van der Waals surface area contributed by atoms with Gasteiger partial charge in [0.05, 0.1) is 0 Å². The van der Waals surface area contributed by atoms with Gasteiger partial charge in [0.25, 0.3) is 0 Å². The van der Waals surface area contributed by atoms with E-state index in [1.807, 2.05) is 0 Å². The van der Waals surface area contributed by atoms with Gasteiger partial charge in [0.2, 0.25) is 0 Å². The Morgan fingerprint density at radius 1 is 1.50 bits per heavy atom. The first-order chi connectivity index (χ1) is 4.63. The average Bonchev–Trinajstić information content (AvgIpc) is 2.11. The van der Waals surface area contributed by atoms with E-state index in [-0.39, 0.29) is 0 Å². The molecule has 10 heavy (non-hydrogen) atoms. The number of hydrogen-bond donors (Lipinski definition) is 0. The molecule has 0 aliphatic heterocycles. The van der Waals surface area contributed by atoms with Crippen LogP contribution in [0.25, 0.3) is 0 Å².